The first-order valence-corrected chi connectivity index (χ1v) is 7.28. The molecule has 0 fully saturated rings. The Balaban J connectivity index is 1.73. The maximum atomic E-state index is 12.2. The molecule has 0 aromatic carbocycles. The third-order valence-corrected chi connectivity index (χ3v) is 3.99. The van der Waals surface area contributed by atoms with Crippen molar-refractivity contribution in [2.45, 2.75) is 45.6 Å². The molecule has 2 aromatic heterocycles. The summed E-state index contributed by atoms with van der Waals surface area (Å²) in [5.41, 5.74) is 4.22. The van der Waals surface area contributed by atoms with Crippen molar-refractivity contribution in [2.24, 2.45) is 7.05 Å². The molecule has 0 saturated carbocycles. The predicted molar refractivity (Wildman–Crippen MR) is 76.7 cm³/mol. The highest BCUT2D eigenvalue weighted by Gasteiger charge is 2.27. The standard InChI is InChI=1S/C15H20N4O2/c1-9-7-11(21-18-9)8-14(20)16-12-5-4-6-13-15(12)10(2)17-19(13)3/h7,12H,4-6,8H2,1-3H3,(H,16,20). The van der Waals surface area contributed by atoms with E-state index in [0.29, 0.717) is 5.76 Å². The maximum Gasteiger partial charge on any atom is 0.228 e. The normalized spacial score (nSPS) is 17.6. The summed E-state index contributed by atoms with van der Waals surface area (Å²) in [6.07, 6.45) is 3.28. The molecule has 1 unspecified atom stereocenters. The third-order valence-electron chi connectivity index (χ3n) is 3.99. The minimum atomic E-state index is -0.0350. The molecule has 6 heteroatoms. The zero-order valence-electron chi connectivity index (χ0n) is 12.6. The molecule has 0 saturated heterocycles. The Labute approximate surface area is 123 Å². The molecule has 1 aliphatic rings. The number of nitrogens with zero attached hydrogens (tertiary/aromatic N) is 3. The summed E-state index contributed by atoms with van der Waals surface area (Å²) in [6, 6.07) is 1.85. The van der Waals surface area contributed by atoms with E-state index in [2.05, 4.69) is 15.6 Å². The SMILES string of the molecule is Cc1cc(CC(=O)NC2CCCc3c2c(C)nn3C)on1. The highest BCUT2D eigenvalue weighted by atomic mass is 16.5. The first-order chi connectivity index (χ1) is 10.0. The van der Waals surface area contributed by atoms with Gasteiger partial charge in [-0.05, 0) is 33.1 Å². The van der Waals surface area contributed by atoms with Crippen LogP contribution < -0.4 is 5.32 Å². The van der Waals surface area contributed by atoms with Crippen LogP contribution >= 0.6 is 0 Å². The lowest BCUT2D eigenvalue weighted by Crippen LogP contribution is -2.32. The van der Waals surface area contributed by atoms with Crippen LogP contribution in [0, 0.1) is 13.8 Å². The van der Waals surface area contributed by atoms with Crippen LogP contribution in [0.5, 0.6) is 0 Å². The van der Waals surface area contributed by atoms with Crippen molar-refractivity contribution in [1.82, 2.24) is 20.3 Å². The van der Waals surface area contributed by atoms with Crippen molar-refractivity contribution < 1.29 is 9.32 Å². The van der Waals surface area contributed by atoms with Crippen LogP contribution in [0.2, 0.25) is 0 Å². The molecule has 0 bridgehead atoms. The predicted octanol–water partition coefficient (Wildman–Crippen LogP) is 1.76. The van der Waals surface area contributed by atoms with E-state index in [1.54, 1.807) is 6.07 Å². The van der Waals surface area contributed by atoms with Gasteiger partial charge in [0.05, 0.1) is 23.9 Å². The number of hydrogen-bond acceptors (Lipinski definition) is 4. The molecule has 1 N–H and O–H groups in total. The number of rotatable bonds is 3. The molecule has 21 heavy (non-hydrogen) atoms. The van der Waals surface area contributed by atoms with E-state index < -0.39 is 0 Å². The second-order valence-electron chi connectivity index (χ2n) is 5.69. The fourth-order valence-corrected chi connectivity index (χ4v) is 3.14. The van der Waals surface area contributed by atoms with Crippen LogP contribution in [0.3, 0.4) is 0 Å². The van der Waals surface area contributed by atoms with Gasteiger partial charge in [0, 0.05) is 24.4 Å². The van der Waals surface area contributed by atoms with E-state index in [4.69, 9.17) is 4.52 Å². The summed E-state index contributed by atoms with van der Waals surface area (Å²) in [5.74, 6) is 0.566. The second-order valence-corrected chi connectivity index (χ2v) is 5.69. The average Bonchev–Trinajstić information content (AvgIpc) is 2.95. The lowest BCUT2D eigenvalue weighted by atomic mass is 9.91. The third kappa shape index (κ3) is 2.70. The van der Waals surface area contributed by atoms with Gasteiger partial charge in [-0.2, -0.15) is 5.10 Å². The lowest BCUT2D eigenvalue weighted by molar-refractivity contribution is -0.121. The Bertz CT molecular complexity index is 671. The highest BCUT2D eigenvalue weighted by Crippen LogP contribution is 2.31. The van der Waals surface area contributed by atoms with E-state index in [-0.39, 0.29) is 18.4 Å². The molecule has 0 spiro atoms. The van der Waals surface area contributed by atoms with Gasteiger partial charge in [0.15, 0.2) is 0 Å². The summed E-state index contributed by atoms with van der Waals surface area (Å²) in [5, 5.41) is 11.4. The first kappa shape index (κ1) is 13.9. The van der Waals surface area contributed by atoms with E-state index in [9.17, 15) is 4.79 Å². The molecule has 3 rings (SSSR count). The summed E-state index contributed by atoms with van der Waals surface area (Å²) in [7, 11) is 1.97. The summed E-state index contributed by atoms with van der Waals surface area (Å²) < 4.78 is 7.03. The number of fused-ring (bicyclic) bond motifs is 1. The molecule has 112 valence electrons. The lowest BCUT2D eigenvalue weighted by Gasteiger charge is -2.24. The average molecular weight is 288 g/mol. The van der Waals surface area contributed by atoms with E-state index >= 15 is 0 Å². The van der Waals surface area contributed by atoms with Gasteiger partial charge in [0.25, 0.3) is 0 Å². The van der Waals surface area contributed by atoms with Crippen molar-refractivity contribution in [3.05, 3.63) is 34.5 Å². The molecule has 0 aliphatic heterocycles. The molecule has 6 nitrogen and oxygen atoms in total. The Morgan fingerprint density at radius 1 is 1.52 bits per heavy atom. The van der Waals surface area contributed by atoms with Gasteiger partial charge >= 0.3 is 0 Å². The molecule has 2 aromatic rings. The van der Waals surface area contributed by atoms with Gasteiger partial charge < -0.3 is 9.84 Å². The fourth-order valence-electron chi connectivity index (χ4n) is 3.14. The minimum Gasteiger partial charge on any atom is -0.361 e. The van der Waals surface area contributed by atoms with Gasteiger partial charge in [-0.1, -0.05) is 5.16 Å². The number of hydrogen-bond donors (Lipinski definition) is 1. The maximum absolute atomic E-state index is 12.2. The Morgan fingerprint density at radius 2 is 2.33 bits per heavy atom. The minimum absolute atomic E-state index is 0.0350. The topological polar surface area (TPSA) is 73.0 Å². The van der Waals surface area contributed by atoms with Crippen LogP contribution in [-0.4, -0.2) is 20.8 Å². The molecular weight excluding hydrogens is 268 g/mol. The number of aryl methyl sites for hydroxylation is 3. The largest absolute Gasteiger partial charge is 0.361 e. The van der Waals surface area contributed by atoms with E-state index in [0.717, 1.165) is 30.7 Å². The number of amides is 1. The Hall–Kier alpha value is -2.11. The first-order valence-electron chi connectivity index (χ1n) is 7.28. The van der Waals surface area contributed by atoms with Crippen molar-refractivity contribution >= 4 is 5.91 Å². The molecule has 1 atom stereocenters. The number of carbonyl (C=O) groups is 1. The number of carbonyl (C=O) groups excluding carboxylic acids is 1. The van der Waals surface area contributed by atoms with Crippen LogP contribution in [0.25, 0.3) is 0 Å². The van der Waals surface area contributed by atoms with Gasteiger partial charge in [0.1, 0.15) is 5.76 Å². The number of aromatic nitrogens is 3. The van der Waals surface area contributed by atoms with E-state index in [1.807, 2.05) is 25.6 Å². The zero-order chi connectivity index (χ0) is 15.0. The van der Waals surface area contributed by atoms with Gasteiger partial charge in [-0.15, -0.1) is 0 Å². The fraction of sp³-hybridized carbons (Fsp3) is 0.533. The van der Waals surface area contributed by atoms with Crippen molar-refractivity contribution in [2.75, 3.05) is 0 Å². The quantitative estimate of drug-likeness (QED) is 0.934. The van der Waals surface area contributed by atoms with Crippen LogP contribution in [-0.2, 0) is 24.7 Å². The molecule has 1 aliphatic carbocycles. The molecular formula is C15H20N4O2. The molecule has 1 amide bonds. The van der Waals surface area contributed by atoms with Gasteiger partial charge in [0.2, 0.25) is 5.91 Å². The number of nitrogens with one attached hydrogen (secondary N) is 1. The summed E-state index contributed by atoms with van der Waals surface area (Å²) in [4.78, 5) is 12.2. The smallest absolute Gasteiger partial charge is 0.228 e. The van der Waals surface area contributed by atoms with Crippen molar-refractivity contribution in [3.63, 3.8) is 0 Å². The summed E-state index contributed by atoms with van der Waals surface area (Å²) >= 11 is 0. The van der Waals surface area contributed by atoms with Gasteiger partial charge in [-0.3, -0.25) is 9.48 Å². The van der Waals surface area contributed by atoms with Crippen LogP contribution in [0.4, 0.5) is 0 Å². The molecule has 0 radical (unpaired) electrons. The van der Waals surface area contributed by atoms with Gasteiger partial charge in [-0.25, -0.2) is 0 Å². The van der Waals surface area contributed by atoms with Crippen LogP contribution in [0.15, 0.2) is 10.6 Å². The monoisotopic (exact) mass is 288 g/mol. The van der Waals surface area contributed by atoms with Crippen molar-refractivity contribution in [1.29, 1.82) is 0 Å². The Morgan fingerprint density at radius 3 is 3.05 bits per heavy atom. The zero-order valence-corrected chi connectivity index (χ0v) is 12.6. The Kier molecular flexibility index (Phi) is 3.53. The second kappa shape index (κ2) is 5.35. The molecule has 2 heterocycles. The highest BCUT2D eigenvalue weighted by molar-refractivity contribution is 5.78. The van der Waals surface area contributed by atoms with E-state index in [1.165, 1.54) is 11.3 Å². The summed E-state index contributed by atoms with van der Waals surface area (Å²) in [6.45, 7) is 3.85. The van der Waals surface area contributed by atoms with Crippen LogP contribution in [0.1, 0.15) is 47.3 Å². The van der Waals surface area contributed by atoms with Crippen molar-refractivity contribution in [3.8, 4) is 0 Å².